The van der Waals surface area contributed by atoms with E-state index < -0.39 is 0 Å². The van der Waals surface area contributed by atoms with Gasteiger partial charge in [0.25, 0.3) is 0 Å². The maximum atomic E-state index is 11.3. The number of carbonyl (C=O) groups is 1. The normalized spacial score (nSPS) is 16.5. The van der Waals surface area contributed by atoms with Crippen molar-refractivity contribution < 1.29 is 9.53 Å². The highest BCUT2D eigenvalue weighted by atomic mass is 32.1. The fraction of sp³-hybridized carbons (Fsp3) is 0.800. The molecule has 3 heteroatoms. The van der Waals surface area contributed by atoms with Crippen molar-refractivity contribution in [1.82, 2.24) is 0 Å². The van der Waals surface area contributed by atoms with E-state index in [0.717, 1.165) is 17.2 Å². The van der Waals surface area contributed by atoms with E-state index in [-0.39, 0.29) is 5.97 Å². The van der Waals surface area contributed by atoms with Gasteiger partial charge in [-0.15, -0.1) is 12.6 Å². The number of ether oxygens (including phenoxy) is 1. The van der Waals surface area contributed by atoms with Crippen LogP contribution in [-0.2, 0) is 9.53 Å². The monoisotopic (exact) mass is 270 g/mol. The van der Waals surface area contributed by atoms with Gasteiger partial charge in [0.15, 0.2) is 0 Å². The molecule has 1 fully saturated rings. The Morgan fingerprint density at radius 1 is 1.17 bits per heavy atom. The molecule has 1 aliphatic rings. The molecule has 0 aliphatic heterocycles. The van der Waals surface area contributed by atoms with Crippen LogP contribution in [0, 0.1) is 5.92 Å². The molecule has 2 nitrogen and oxygen atoms in total. The zero-order valence-corrected chi connectivity index (χ0v) is 12.2. The van der Waals surface area contributed by atoms with Crippen molar-refractivity contribution in [2.45, 2.75) is 64.2 Å². The summed E-state index contributed by atoms with van der Waals surface area (Å²) in [5.74, 6) is 0.810. The average molecular weight is 270 g/mol. The van der Waals surface area contributed by atoms with Crippen LogP contribution in [-0.4, -0.2) is 12.6 Å². The van der Waals surface area contributed by atoms with Gasteiger partial charge in [-0.25, -0.2) is 0 Å². The minimum absolute atomic E-state index is 0.122. The molecule has 0 N–H and O–H groups in total. The molecule has 0 spiro atoms. The second kappa shape index (κ2) is 9.48. The lowest BCUT2D eigenvalue weighted by Gasteiger charge is -2.21. The van der Waals surface area contributed by atoms with Gasteiger partial charge < -0.3 is 4.74 Å². The number of unbranched alkanes of at least 4 members (excludes halogenated alkanes) is 1. The van der Waals surface area contributed by atoms with Crippen LogP contribution in [0.3, 0.4) is 0 Å². The highest BCUT2D eigenvalue weighted by Crippen LogP contribution is 2.27. The Hall–Kier alpha value is -0.440. The predicted molar refractivity (Wildman–Crippen MR) is 78.7 cm³/mol. The van der Waals surface area contributed by atoms with Crippen molar-refractivity contribution in [3.8, 4) is 0 Å². The summed E-state index contributed by atoms with van der Waals surface area (Å²) in [6.45, 7) is 4.22. The summed E-state index contributed by atoms with van der Waals surface area (Å²) in [7, 11) is 0. The molecule has 0 heterocycles. The Kier molecular flexibility index (Phi) is 8.23. The van der Waals surface area contributed by atoms with Crippen LogP contribution in [0.15, 0.2) is 11.5 Å². The maximum absolute atomic E-state index is 11.3. The molecule has 0 amide bonds. The number of rotatable bonds is 8. The molecule has 0 bridgehead atoms. The highest BCUT2D eigenvalue weighted by Gasteiger charge is 2.12. The summed E-state index contributed by atoms with van der Waals surface area (Å²) in [6, 6.07) is 0. The lowest BCUT2D eigenvalue weighted by atomic mass is 9.86. The third-order valence-corrected chi connectivity index (χ3v) is 3.84. The lowest BCUT2D eigenvalue weighted by molar-refractivity contribution is -0.143. The summed E-state index contributed by atoms with van der Waals surface area (Å²) in [5.41, 5.74) is 0. The molecule has 104 valence electrons. The van der Waals surface area contributed by atoms with E-state index in [1.807, 2.05) is 0 Å². The van der Waals surface area contributed by atoms with Crippen molar-refractivity contribution in [2.75, 3.05) is 6.61 Å². The summed E-state index contributed by atoms with van der Waals surface area (Å²) >= 11 is 4.05. The summed E-state index contributed by atoms with van der Waals surface area (Å²) in [4.78, 5) is 12.1. The van der Waals surface area contributed by atoms with Gasteiger partial charge in [-0.3, -0.25) is 4.79 Å². The Morgan fingerprint density at radius 2 is 1.89 bits per heavy atom. The minimum Gasteiger partial charge on any atom is -0.466 e. The molecule has 0 aromatic rings. The van der Waals surface area contributed by atoms with E-state index in [0.29, 0.717) is 19.4 Å². The van der Waals surface area contributed by atoms with E-state index in [2.05, 4.69) is 19.2 Å². The molecule has 0 radical (unpaired) electrons. The van der Waals surface area contributed by atoms with Crippen molar-refractivity contribution >= 4 is 18.6 Å². The van der Waals surface area contributed by atoms with Crippen LogP contribution in [0.2, 0.25) is 0 Å². The smallest absolute Gasteiger partial charge is 0.306 e. The molecule has 1 rings (SSSR count). The first-order valence-electron chi connectivity index (χ1n) is 7.21. The fourth-order valence-corrected chi connectivity index (χ4v) is 2.63. The lowest BCUT2D eigenvalue weighted by Crippen LogP contribution is -2.08. The molecule has 0 aromatic heterocycles. The summed E-state index contributed by atoms with van der Waals surface area (Å²) < 4.78 is 5.17. The maximum Gasteiger partial charge on any atom is 0.306 e. The van der Waals surface area contributed by atoms with Gasteiger partial charge in [0.05, 0.1) is 13.0 Å². The van der Waals surface area contributed by atoms with E-state index >= 15 is 0 Å². The van der Waals surface area contributed by atoms with E-state index in [1.165, 1.54) is 44.9 Å². The molecule has 1 aliphatic carbocycles. The number of thiol groups is 1. The fourth-order valence-electron chi connectivity index (χ4n) is 2.52. The Labute approximate surface area is 117 Å². The second-order valence-electron chi connectivity index (χ2n) is 5.29. The third kappa shape index (κ3) is 7.80. The van der Waals surface area contributed by atoms with Crippen LogP contribution in [0.25, 0.3) is 0 Å². The third-order valence-electron chi connectivity index (χ3n) is 3.61. The predicted octanol–water partition coefficient (Wildman–Crippen LogP) is 4.50. The van der Waals surface area contributed by atoms with Crippen LogP contribution in [0.4, 0.5) is 0 Å². The number of hydrogen-bond donors (Lipinski definition) is 1. The molecule has 1 saturated carbocycles. The molecule has 0 aromatic carbocycles. The quantitative estimate of drug-likeness (QED) is 0.399. The Balaban J connectivity index is 1.91. The first-order chi connectivity index (χ1) is 8.68. The number of hydrogen-bond acceptors (Lipinski definition) is 3. The molecule has 0 unspecified atom stereocenters. The topological polar surface area (TPSA) is 26.3 Å². The first-order valence-corrected chi connectivity index (χ1v) is 7.65. The molecular formula is C15H26O2S. The highest BCUT2D eigenvalue weighted by molar-refractivity contribution is 7.84. The van der Waals surface area contributed by atoms with Crippen molar-refractivity contribution in [3.63, 3.8) is 0 Å². The Bertz CT molecular complexity index is 257. The van der Waals surface area contributed by atoms with Gasteiger partial charge in [-0.05, 0) is 30.1 Å². The number of carbonyl (C=O) groups excluding carboxylic acids is 1. The minimum atomic E-state index is -0.122. The molecule has 18 heavy (non-hydrogen) atoms. The zero-order chi connectivity index (χ0) is 13.2. The SMILES string of the molecule is C=C(S)CCC(=O)OCCCCC1CCCCC1. The standard InChI is InChI=1S/C15H26O2S/c1-13(18)10-11-15(16)17-12-6-5-9-14-7-3-2-4-8-14/h14,18H,1-12H2. The summed E-state index contributed by atoms with van der Waals surface area (Å²) in [5, 5.41) is 0. The molecular weight excluding hydrogens is 244 g/mol. The van der Waals surface area contributed by atoms with Crippen LogP contribution >= 0.6 is 12.6 Å². The number of allylic oxidation sites excluding steroid dienone is 1. The van der Waals surface area contributed by atoms with Gasteiger partial charge in [0, 0.05) is 0 Å². The average Bonchev–Trinajstić information content (AvgIpc) is 2.37. The van der Waals surface area contributed by atoms with E-state index in [1.54, 1.807) is 0 Å². The first kappa shape index (κ1) is 15.6. The van der Waals surface area contributed by atoms with Crippen molar-refractivity contribution in [1.29, 1.82) is 0 Å². The molecule has 0 atom stereocenters. The molecule has 0 saturated heterocycles. The summed E-state index contributed by atoms with van der Waals surface area (Å²) in [6.07, 6.45) is 11.6. The zero-order valence-electron chi connectivity index (χ0n) is 11.3. The van der Waals surface area contributed by atoms with Crippen molar-refractivity contribution in [3.05, 3.63) is 11.5 Å². The van der Waals surface area contributed by atoms with E-state index in [9.17, 15) is 4.79 Å². The van der Waals surface area contributed by atoms with Crippen molar-refractivity contribution in [2.24, 2.45) is 5.92 Å². The largest absolute Gasteiger partial charge is 0.466 e. The van der Waals surface area contributed by atoms with Gasteiger partial charge in [-0.1, -0.05) is 45.1 Å². The van der Waals surface area contributed by atoms with Gasteiger partial charge >= 0.3 is 5.97 Å². The van der Waals surface area contributed by atoms with Gasteiger partial charge in [-0.2, -0.15) is 0 Å². The number of esters is 1. The van der Waals surface area contributed by atoms with Gasteiger partial charge in [0.1, 0.15) is 0 Å². The van der Waals surface area contributed by atoms with Gasteiger partial charge in [0.2, 0.25) is 0 Å². The van der Waals surface area contributed by atoms with Crippen LogP contribution in [0.1, 0.15) is 64.2 Å². The Morgan fingerprint density at radius 3 is 2.56 bits per heavy atom. The van der Waals surface area contributed by atoms with E-state index in [4.69, 9.17) is 4.74 Å². The van der Waals surface area contributed by atoms with Crippen LogP contribution in [0.5, 0.6) is 0 Å². The second-order valence-corrected chi connectivity index (χ2v) is 5.92. The van der Waals surface area contributed by atoms with Crippen LogP contribution < -0.4 is 0 Å².